The summed E-state index contributed by atoms with van der Waals surface area (Å²) in [6, 6.07) is 5.59. The molecule has 110 valence electrons. The number of alkyl halides is 1. The molecule has 1 unspecified atom stereocenters. The lowest BCUT2D eigenvalue weighted by Crippen LogP contribution is -2.45. The lowest BCUT2D eigenvalue weighted by atomic mass is 9.91. The highest BCUT2D eigenvalue weighted by Gasteiger charge is 2.30. The van der Waals surface area contributed by atoms with Crippen LogP contribution in [0.4, 0.5) is 4.39 Å². The smallest absolute Gasteiger partial charge is 0.123 e. The molecule has 2 nitrogen and oxygen atoms in total. The number of nitrogens with zero attached hydrogens (tertiary/aromatic N) is 1. The Labute approximate surface area is 128 Å². The molecule has 3 rings (SSSR count). The van der Waals surface area contributed by atoms with Gasteiger partial charge in [0.25, 0.3) is 0 Å². The van der Waals surface area contributed by atoms with Gasteiger partial charge in [-0.3, -0.25) is 4.90 Å². The van der Waals surface area contributed by atoms with Gasteiger partial charge in [-0.2, -0.15) is 0 Å². The molecule has 1 aromatic rings. The minimum Gasteiger partial charge on any atom is -0.488 e. The zero-order valence-corrected chi connectivity index (χ0v) is 13.2. The van der Waals surface area contributed by atoms with Gasteiger partial charge in [0.05, 0.1) is 0 Å². The first kappa shape index (κ1) is 14.3. The summed E-state index contributed by atoms with van der Waals surface area (Å²) in [6.07, 6.45) is 6.18. The van der Waals surface area contributed by atoms with E-state index in [9.17, 15) is 4.39 Å². The zero-order valence-electron chi connectivity index (χ0n) is 11.7. The lowest BCUT2D eigenvalue weighted by Gasteiger charge is -2.38. The number of hydrogen-bond donors (Lipinski definition) is 0. The third kappa shape index (κ3) is 3.17. The molecule has 4 heteroatoms. The first-order valence-electron chi connectivity index (χ1n) is 7.51. The molecular weight excluding hydrogens is 321 g/mol. The molecule has 0 saturated heterocycles. The van der Waals surface area contributed by atoms with E-state index in [0.29, 0.717) is 0 Å². The summed E-state index contributed by atoms with van der Waals surface area (Å²) in [5.74, 6) is 0.702. The Hall–Kier alpha value is -0.610. The second-order valence-corrected chi connectivity index (χ2v) is 6.61. The van der Waals surface area contributed by atoms with Crippen molar-refractivity contribution in [3.05, 3.63) is 29.6 Å². The van der Waals surface area contributed by atoms with Crippen LogP contribution in [0.25, 0.3) is 0 Å². The van der Waals surface area contributed by atoms with Gasteiger partial charge in [-0.15, -0.1) is 0 Å². The quantitative estimate of drug-likeness (QED) is 0.730. The standard InChI is InChI=1S/C16H21BrFNO/c17-7-2-8-19(14-3-1-4-14)11-15-10-12-9-13(18)5-6-16(12)20-15/h5-6,9,14-15H,1-4,7-8,10-11H2. The van der Waals surface area contributed by atoms with Crippen LogP contribution >= 0.6 is 15.9 Å². The Morgan fingerprint density at radius 3 is 2.90 bits per heavy atom. The second-order valence-electron chi connectivity index (χ2n) is 5.82. The van der Waals surface area contributed by atoms with Gasteiger partial charge >= 0.3 is 0 Å². The summed E-state index contributed by atoms with van der Waals surface area (Å²) in [6.45, 7) is 2.09. The molecule has 0 amide bonds. The summed E-state index contributed by atoms with van der Waals surface area (Å²) in [5.41, 5.74) is 1.02. The molecule has 1 fully saturated rings. The topological polar surface area (TPSA) is 12.5 Å². The predicted molar refractivity (Wildman–Crippen MR) is 82.1 cm³/mol. The average molecular weight is 342 g/mol. The first-order chi connectivity index (χ1) is 9.76. The van der Waals surface area contributed by atoms with Gasteiger partial charge in [0.15, 0.2) is 0 Å². The van der Waals surface area contributed by atoms with Crippen LogP contribution in [0, 0.1) is 5.82 Å². The zero-order chi connectivity index (χ0) is 13.9. The number of hydrogen-bond acceptors (Lipinski definition) is 2. The molecule has 0 bridgehead atoms. The van der Waals surface area contributed by atoms with Crippen molar-refractivity contribution in [3.63, 3.8) is 0 Å². The van der Waals surface area contributed by atoms with Crippen LogP contribution in [0.2, 0.25) is 0 Å². The van der Waals surface area contributed by atoms with E-state index in [4.69, 9.17) is 4.74 Å². The molecule has 0 spiro atoms. The molecule has 1 heterocycles. The molecular formula is C16H21BrFNO. The van der Waals surface area contributed by atoms with E-state index in [1.54, 1.807) is 12.1 Å². The lowest BCUT2D eigenvalue weighted by molar-refractivity contribution is 0.0789. The number of benzene rings is 1. The normalized spacial score (nSPS) is 21.6. The minimum atomic E-state index is -0.164. The number of fused-ring (bicyclic) bond motifs is 1. The SMILES string of the molecule is Fc1ccc2c(c1)CC(CN(CCCBr)C1CCC1)O2. The maximum Gasteiger partial charge on any atom is 0.123 e. The van der Waals surface area contributed by atoms with E-state index in [0.717, 1.165) is 42.2 Å². The maximum absolute atomic E-state index is 13.2. The fourth-order valence-corrected chi connectivity index (χ4v) is 3.34. The number of ether oxygens (including phenoxy) is 1. The molecule has 1 aromatic carbocycles. The van der Waals surface area contributed by atoms with Crippen molar-refractivity contribution >= 4 is 15.9 Å². The van der Waals surface area contributed by atoms with Crippen molar-refractivity contribution in [1.29, 1.82) is 0 Å². The van der Waals surface area contributed by atoms with E-state index in [1.165, 1.54) is 31.7 Å². The van der Waals surface area contributed by atoms with Crippen molar-refractivity contribution in [2.75, 3.05) is 18.4 Å². The van der Waals surface area contributed by atoms with Crippen molar-refractivity contribution in [2.24, 2.45) is 0 Å². The van der Waals surface area contributed by atoms with Gasteiger partial charge in [0.2, 0.25) is 0 Å². The molecule has 1 aliphatic carbocycles. The van der Waals surface area contributed by atoms with Gasteiger partial charge in [0.1, 0.15) is 17.7 Å². The average Bonchev–Trinajstić information content (AvgIpc) is 2.75. The Bertz CT molecular complexity index is 464. The van der Waals surface area contributed by atoms with Crippen LogP contribution in [-0.4, -0.2) is 35.5 Å². The number of rotatable bonds is 6. The summed E-state index contributed by atoms with van der Waals surface area (Å²) in [5, 5.41) is 1.05. The van der Waals surface area contributed by atoms with Crippen molar-refractivity contribution in [2.45, 2.75) is 44.2 Å². The van der Waals surface area contributed by atoms with Gasteiger partial charge in [-0.1, -0.05) is 22.4 Å². The summed E-state index contributed by atoms with van der Waals surface area (Å²) in [4.78, 5) is 2.57. The molecule has 20 heavy (non-hydrogen) atoms. The van der Waals surface area contributed by atoms with Gasteiger partial charge in [-0.05, 0) is 44.0 Å². The fraction of sp³-hybridized carbons (Fsp3) is 0.625. The highest BCUT2D eigenvalue weighted by Crippen LogP contribution is 2.31. The van der Waals surface area contributed by atoms with E-state index in [-0.39, 0.29) is 11.9 Å². The molecule has 1 aliphatic heterocycles. The highest BCUT2D eigenvalue weighted by molar-refractivity contribution is 9.09. The first-order valence-corrected chi connectivity index (χ1v) is 8.63. The molecule has 1 atom stereocenters. The summed E-state index contributed by atoms with van der Waals surface area (Å²) < 4.78 is 19.2. The van der Waals surface area contributed by atoms with E-state index < -0.39 is 0 Å². The number of halogens is 2. The van der Waals surface area contributed by atoms with Gasteiger partial charge in [0, 0.05) is 29.9 Å². The minimum absolute atomic E-state index is 0.164. The third-order valence-corrected chi connectivity index (χ3v) is 4.93. The van der Waals surface area contributed by atoms with Gasteiger partial charge in [-0.25, -0.2) is 4.39 Å². The van der Waals surface area contributed by atoms with E-state index in [2.05, 4.69) is 20.8 Å². The second kappa shape index (κ2) is 6.44. The van der Waals surface area contributed by atoms with Crippen LogP contribution in [-0.2, 0) is 6.42 Å². The summed E-state index contributed by atoms with van der Waals surface area (Å²) in [7, 11) is 0. The molecule has 0 radical (unpaired) electrons. The van der Waals surface area contributed by atoms with Crippen LogP contribution in [0.15, 0.2) is 18.2 Å². The predicted octanol–water partition coefficient (Wildman–Crippen LogP) is 3.77. The van der Waals surface area contributed by atoms with Crippen molar-refractivity contribution in [3.8, 4) is 5.75 Å². The molecule has 0 aromatic heterocycles. The Morgan fingerprint density at radius 1 is 1.35 bits per heavy atom. The molecule has 1 saturated carbocycles. The van der Waals surface area contributed by atoms with Crippen molar-refractivity contribution < 1.29 is 9.13 Å². The molecule has 2 aliphatic rings. The Balaban J connectivity index is 1.59. The Kier molecular flexibility index (Phi) is 4.61. The fourth-order valence-electron chi connectivity index (χ4n) is 3.09. The monoisotopic (exact) mass is 341 g/mol. The highest BCUT2D eigenvalue weighted by atomic mass is 79.9. The Morgan fingerprint density at radius 2 is 2.20 bits per heavy atom. The van der Waals surface area contributed by atoms with Gasteiger partial charge < -0.3 is 4.74 Å². The van der Waals surface area contributed by atoms with Crippen LogP contribution in [0.3, 0.4) is 0 Å². The van der Waals surface area contributed by atoms with Crippen LogP contribution in [0.5, 0.6) is 5.75 Å². The van der Waals surface area contributed by atoms with E-state index >= 15 is 0 Å². The van der Waals surface area contributed by atoms with Crippen LogP contribution in [0.1, 0.15) is 31.2 Å². The van der Waals surface area contributed by atoms with Crippen molar-refractivity contribution in [1.82, 2.24) is 4.90 Å². The maximum atomic E-state index is 13.2. The van der Waals surface area contributed by atoms with Crippen LogP contribution < -0.4 is 4.74 Å². The summed E-state index contributed by atoms with van der Waals surface area (Å²) >= 11 is 3.51. The largest absolute Gasteiger partial charge is 0.488 e. The third-order valence-electron chi connectivity index (χ3n) is 4.37. The van der Waals surface area contributed by atoms with E-state index in [1.807, 2.05) is 0 Å². The molecule has 0 N–H and O–H groups in total.